The van der Waals surface area contributed by atoms with E-state index in [2.05, 4.69) is 37.2 Å². The van der Waals surface area contributed by atoms with Crippen LogP contribution in [0.25, 0.3) is 11.0 Å². The molecule has 0 radical (unpaired) electrons. The largest absolute Gasteiger partial charge is 0.382 e. The first kappa shape index (κ1) is 15.3. The standard InChI is InChI=1S/C18H28N4/c1-11(2)9-15-21-16-17(22(15)10-12(3)4)13-7-5-6-8-14(13)20-18(16)19/h11-12H,5-10H2,1-4H3,(H2,19,20). The Morgan fingerprint density at radius 2 is 1.77 bits per heavy atom. The minimum Gasteiger partial charge on any atom is -0.382 e. The third-order valence-corrected chi connectivity index (χ3v) is 4.41. The molecule has 2 aromatic heterocycles. The highest BCUT2D eigenvalue weighted by Crippen LogP contribution is 2.32. The molecular formula is C18H28N4. The maximum absolute atomic E-state index is 6.24. The number of pyridine rings is 1. The van der Waals surface area contributed by atoms with Crippen molar-refractivity contribution in [3.63, 3.8) is 0 Å². The Labute approximate surface area is 133 Å². The van der Waals surface area contributed by atoms with Crippen LogP contribution in [0.1, 0.15) is 57.6 Å². The maximum atomic E-state index is 6.24. The molecule has 1 aliphatic rings. The number of aryl methyl sites for hydroxylation is 2. The number of rotatable bonds is 4. The lowest BCUT2D eigenvalue weighted by Crippen LogP contribution is -2.14. The van der Waals surface area contributed by atoms with Gasteiger partial charge >= 0.3 is 0 Å². The molecule has 2 aromatic rings. The van der Waals surface area contributed by atoms with Crippen molar-refractivity contribution in [1.82, 2.24) is 14.5 Å². The third kappa shape index (κ3) is 2.71. The molecular weight excluding hydrogens is 272 g/mol. The number of nitrogen functional groups attached to an aromatic ring is 1. The SMILES string of the molecule is CC(C)Cc1nc2c(N)nc3c(c2n1CC(C)C)CCCC3. The first-order valence-corrected chi connectivity index (χ1v) is 8.63. The van der Waals surface area contributed by atoms with Crippen molar-refractivity contribution < 1.29 is 0 Å². The van der Waals surface area contributed by atoms with Crippen LogP contribution in [0, 0.1) is 11.8 Å². The van der Waals surface area contributed by atoms with Crippen LogP contribution in [0.5, 0.6) is 0 Å². The fourth-order valence-corrected chi connectivity index (χ4v) is 3.53. The second kappa shape index (κ2) is 5.90. The summed E-state index contributed by atoms with van der Waals surface area (Å²) in [6.07, 6.45) is 5.64. The van der Waals surface area contributed by atoms with Gasteiger partial charge in [-0.3, -0.25) is 0 Å². The summed E-state index contributed by atoms with van der Waals surface area (Å²) in [6, 6.07) is 0. The topological polar surface area (TPSA) is 56.7 Å². The van der Waals surface area contributed by atoms with Gasteiger partial charge in [0.1, 0.15) is 11.3 Å². The molecule has 0 fully saturated rings. The highest BCUT2D eigenvalue weighted by Gasteiger charge is 2.23. The molecule has 120 valence electrons. The molecule has 2 heterocycles. The van der Waals surface area contributed by atoms with Crippen LogP contribution in [0.15, 0.2) is 0 Å². The molecule has 0 spiro atoms. The molecule has 0 amide bonds. The number of nitrogens with zero attached hydrogens (tertiary/aromatic N) is 3. The lowest BCUT2D eigenvalue weighted by atomic mass is 9.94. The Hall–Kier alpha value is -1.58. The molecule has 1 aliphatic carbocycles. The van der Waals surface area contributed by atoms with Gasteiger partial charge in [0.05, 0.1) is 5.52 Å². The molecule has 0 unspecified atom stereocenters. The summed E-state index contributed by atoms with van der Waals surface area (Å²) >= 11 is 0. The van der Waals surface area contributed by atoms with Crippen molar-refractivity contribution >= 4 is 16.9 Å². The van der Waals surface area contributed by atoms with Crippen LogP contribution < -0.4 is 5.73 Å². The number of aromatic nitrogens is 3. The van der Waals surface area contributed by atoms with Gasteiger partial charge in [0.15, 0.2) is 5.82 Å². The fourth-order valence-electron chi connectivity index (χ4n) is 3.53. The first-order valence-electron chi connectivity index (χ1n) is 8.63. The molecule has 0 bridgehead atoms. The number of anilines is 1. The normalized spacial score (nSPS) is 15.0. The maximum Gasteiger partial charge on any atom is 0.151 e. The van der Waals surface area contributed by atoms with Gasteiger partial charge in [0.25, 0.3) is 0 Å². The Morgan fingerprint density at radius 1 is 1.05 bits per heavy atom. The molecule has 4 heteroatoms. The molecule has 22 heavy (non-hydrogen) atoms. The molecule has 0 saturated heterocycles. The lowest BCUT2D eigenvalue weighted by Gasteiger charge is -2.19. The predicted molar refractivity (Wildman–Crippen MR) is 92.0 cm³/mol. The second-order valence-electron chi connectivity index (χ2n) is 7.46. The second-order valence-corrected chi connectivity index (χ2v) is 7.46. The van der Waals surface area contributed by atoms with E-state index in [9.17, 15) is 0 Å². The van der Waals surface area contributed by atoms with E-state index < -0.39 is 0 Å². The van der Waals surface area contributed by atoms with E-state index in [0.29, 0.717) is 17.7 Å². The molecule has 4 nitrogen and oxygen atoms in total. The summed E-state index contributed by atoms with van der Waals surface area (Å²) < 4.78 is 2.43. The summed E-state index contributed by atoms with van der Waals surface area (Å²) in [5.74, 6) is 2.97. The van der Waals surface area contributed by atoms with E-state index >= 15 is 0 Å². The van der Waals surface area contributed by atoms with Gasteiger partial charge in [-0.05, 0) is 43.1 Å². The van der Waals surface area contributed by atoms with Gasteiger partial charge in [-0.2, -0.15) is 0 Å². The zero-order valence-corrected chi connectivity index (χ0v) is 14.3. The van der Waals surface area contributed by atoms with Crippen LogP contribution in [-0.2, 0) is 25.8 Å². The molecule has 0 aromatic carbocycles. The zero-order chi connectivity index (χ0) is 15.9. The Balaban J connectivity index is 2.25. The van der Waals surface area contributed by atoms with Crippen molar-refractivity contribution in [1.29, 1.82) is 0 Å². The summed E-state index contributed by atoms with van der Waals surface area (Å²) in [4.78, 5) is 9.55. The van der Waals surface area contributed by atoms with E-state index in [1.165, 1.54) is 35.4 Å². The Morgan fingerprint density at radius 3 is 2.45 bits per heavy atom. The highest BCUT2D eigenvalue weighted by atomic mass is 15.1. The Kier molecular flexibility index (Phi) is 4.11. The van der Waals surface area contributed by atoms with Gasteiger partial charge in [-0.25, -0.2) is 9.97 Å². The lowest BCUT2D eigenvalue weighted by molar-refractivity contribution is 0.498. The number of imidazole rings is 1. The summed E-state index contributed by atoms with van der Waals surface area (Å²) in [5, 5.41) is 0. The van der Waals surface area contributed by atoms with Crippen molar-refractivity contribution in [3.8, 4) is 0 Å². The van der Waals surface area contributed by atoms with Crippen LogP contribution >= 0.6 is 0 Å². The van der Waals surface area contributed by atoms with Crippen LogP contribution in [0.3, 0.4) is 0 Å². The zero-order valence-electron chi connectivity index (χ0n) is 14.3. The van der Waals surface area contributed by atoms with Crippen molar-refractivity contribution in [2.24, 2.45) is 11.8 Å². The number of nitrogens with two attached hydrogens (primary N) is 1. The van der Waals surface area contributed by atoms with Crippen LogP contribution in [0.2, 0.25) is 0 Å². The minimum absolute atomic E-state index is 0.590. The Bertz CT molecular complexity index is 682. The molecule has 0 atom stereocenters. The van der Waals surface area contributed by atoms with E-state index in [4.69, 9.17) is 10.7 Å². The van der Waals surface area contributed by atoms with E-state index in [-0.39, 0.29) is 0 Å². The van der Waals surface area contributed by atoms with E-state index in [1.807, 2.05) is 0 Å². The smallest absolute Gasteiger partial charge is 0.151 e. The number of hydrogen-bond donors (Lipinski definition) is 1. The minimum atomic E-state index is 0.590. The monoisotopic (exact) mass is 300 g/mol. The van der Waals surface area contributed by atoms with Gasteiger partial charge in [0, 0.05) is 18.7 Å². The third-order valence-electron chi connectivity index (χ3n) is 4.41. The van der Waals surface area contributed by atoms with Crippen molar-refractivity contribution in [2.75, 3.05) is 5.73 Å². The van der Waals surface area contributed by atoms with Gasteiger partial charge in [-0.1, -0.05) is 27.7 Å². The van der Waals surface area contributed by atoms with Crippen LogP contribution in [-0.4, -0.2) is 14.5 Å². The fraction of sp³-hybridized carbons (Fsp3) is 0.667. The molecule has 0 aliphatic heterocycles. The van der Waals surface area contributed by atoms with Gasteiger partial charge < -0.3 is 10.3 Å². The summed E-state index contributed by atoms with van der Waals surface area (Å²) in [7, 11) is 0. The summed E-state index contributed by atoms with van der Waals surface area (Å²) in [5.41, 5.74) is 11.0. The number of fused-ring (bicyclic) bond motifs is 3. The number of hydrogen-bond acceptors (Lipinski definition) is 3. The average molecular weight is 300 g/mol. The van der Waals surface area contributed by atoms with Gasteiger partial charge in [-0.15, -0.1) is 0 Å². The van der Waals surface area contributed by atoms with Crippen LogP contribution in [0.4, 0.5) is 5.82 Å². The highest BCUT2D eigenvalue weighted by molar-refractivity contribution is 5.89. The molecule has 0 saturated carbocycles. The average Bonchev–Trinajstić information content (AvgIpc) is 2.77. The molecule has 2 N–H and O–H groups in total. The summed E-state index contributed by atoms with van der Waals surface area (Å²) in [6.45, 7) is 10.0. The van der Waals surface area contributed by atoms with E-state index in [0.717, 1.165) is 31.3 Å². The van der Waals surface area contributed by atoms with Crippen molar-refractivity contribution in [2.45, 2.75) is 66.3 Å². The molecule has 3 rings (SSSR count). The first-order chi connectivity index (χ1) is 10.5. The van der Waals surface area contributed by atoms with E-state index in [1.54, 1.807) is 0 Å². The van der Waals surface area contributed by atoms with Gasteiger partial charge in [0.2, 0.25) is 0 Å². The predicted octanol–water partition coefficient (Wildman–Crippen LogP) is 3.75. The quantitative estimate of drug-likeness (QED) is 0.935. The van der Waals surface area contributed by atoms with Crippen molar-refractivity contribution in [3.05, 3.63) is 17.1 Å².